The maximum absolute atomic E-state index is 12.9. The predicted molar refractivity (Wildman–Crippen MR) is 302 cm³/mol. The van der Waals surface area contributed by atoms with Gasteiger partial charge in [-0.1, -0.05) is 227 Å². The van der Waals surface area contributed by atoms with Crippen LogP contribution in [0.4, 0.5) is 0 Å². The van der Waals surface area contributed by atoms with Crippen molar-refractivity contribution in [3.05, 3.63) is 97.2 Å². The highest BCUT2D eigenvalue weighted by Crippen LogP contribution is 2.14. The summed E-state index contributed by atoms with van der Waals surface area (Å²) in [5.74, 6) is -0.941. The monoisotopic (exact) mass is 973 g/mol. The number of rotatable bonds is 52. The molecule has 0 amide bonds. The fourth-order valence-electron chi connectivity index (χ4n) is 7.91. The number of hydrogen-bond donors (Lipinski definition) is 0. The maximum Gasteiger partial charge on any atom is 0.306 e. The first-order chi connectivity index (χ1) is 34.5. The van der Waals surface area contributed by atoms with Gasteiger partial charge in [-0.2, -0.15) is 0 Å². The highest BCUT2D eigenvalue weighted by Gasteiger charge is 2.19. The summed E-state index contributed by atoms with van der Waals surface area (Å²) in [6.45, 7) is 6.47. The van der Waals surface area contributed by atoms with Crippen molar-refractivity contribution in [1.29, 1.82) is 0 Å². The van der Waals surface area contributed by atoms with Gasteiger partial charge in [-0.05, 0) is 122 Å². The minimum absolute atomic E-state index is 0.0960. The number of allylic oxidation sites excluding steroid dienone is 16. The van der Waals surface area contributed by atoms with Crippen molar-refractivity contribution in [2.24, 2.45) is 0 Å². The van der Waals surface area contributed by atoms with Crippen molar-refractivity contribution >= 4 is 17.9 Å². The quantitative estimate of drug-likeness (QED) is 0.0262. The third-order valence-electron chi connectivity index (χ3n) is 12.3. The van der Waals surface area contributed by atoms with Gasteiger partial charge in [0.15, 0.2) is 6.10 Å². The zero-order valence-corrected chi connectivity index (χ0v) is 45.8. The van der Waals surface area contributed by atoms with Crippen molar-refractivity contribution in [1.82, 2.24) is 0 Å². The zero-order valence-electron chi connectivity index (χ0n) is 45.8. The van der Waals surface area contributed by atoms with Gasteiger partial charge in [0.25, 0.3) is 0 Å². The Labute approximate surface area is 432 Å². The van der Waals surface area contributed by atoms with E-state index in [4.69, 9.17) is 14.2 Å². The Hall–Kier alpha value is -3.67. The van der Waals surface area contributed by atoms with E-state index in [2.05, 4.69) is 118 Å². The van der Waals surface area contributed by atoms with E-state index in [1.165, 1.54) is 116 Å². The molecule has 0 unspecified atom stereocenters. The smallest absolute Gasteiger partial charge is 0.306 e. The lowest BCUT2D eigenvalue weighted by Gasteiger charge is -2.18. The van der Waals surface area contributed by atoms with Gasteiger partial charge in [0.1, 0.15) is 13.2 Å². The highest BCUT2D eigenvalue weighted by molar-refractivity contribution is 5.71. The molecular weight excluding hydrogens is 865 g/mol. The molecule has 6 nitrogen and oxygen atoms in total. The van der Waals surface area contributed by atoms with Gasteiger partial charge in [-0.25, -0.2) is 0 Å². The minimum atomic E-state index is -0.801. The molecule has 0 aromatic carbocycles. The molecule has 0 N–H and O–H groups in total. The molecule has 0 aromatic heterocycles. The molecule has 0 spiro atoms. The Morgan fingerprint density at radius 1 is 0.300 bits per heavy atom. The first-order valence-electron chi connectivity index (χ1n) is 29.2. The Kier molecular flexibility index (Phi) is 54.9. The van der Waals surface area contributed by atoms with Crippen LogP contribution in [0, 0.1) is 0 Å². The highest BCUT2D eigenvalue weighted by atomic mass is 16.6. The van der Waals surface area contributed by atoms with Crippen LogP contribution in [0.15, 0.2) is 97.2 Å². The molecular formula is C64H108O6. The number of ether oxygens (including phenoxy) is 3. The zero-order chi connectivity index (χ0) is 50.7. The van der Waals surface area contributed by atoms with Crippen LogP contribution in [0.2, 0.25) is 0 Å². The minimum Gasteiger partial charge on any atom is -0.462 e. The molecule has 0 bridgehead atoms. The Bertz CT molecular complexity index is 1400. The summed E-state index contributed by atoms with van der Waals surface area (Å²) in [6.07, 6.45) is 76.8. The van der Waals surface area contributed by atoms with E-state index in [0.717, 1.165) is 116 Å². The van der Waals surface area contributed by atoms with Crippen LogP contribution in [0.5, 0.6) is 0 Å². The van der Waals surface area contributed by atoms with E-state index < -0.39 is 6.10 Å². The molecule has 0 saturated heterocycles. The van der Waals surface area contributed by atoms with Crippen molar-refractivity contribution in [2.75, 3.05) is 13.2 Å². The molecule has 0 aliphatic carbocycles. The van der Waals surface area contributed by atoms with E-state index in [-0.39, 0.29) is 31.1 Å². The molecule has 0 saturated carbocycles. The number of carbonyl (C=O) groups is 3. The largest absolute Gasteiger partial charge is 0.462 e. The summed E-state index contributed by atoms with van der Waals surface area (Å²) in [5.41, 5.74) is 0. The lowest BCUT2D eigenvalue weighted by Crippen LogP contribution is -2.30. The molecule has 0 aromatic rings. The van der Waals surface area contributed by atoms with Crippen LogP contribution in [0.1, 0.15) is 271 Å². The topological polar surface area (TPSA) is 78.9 Å². The van der Waals surface area contributed by atoms with Gasteiger partial charge in [-0.15, -0.1) is 0 Å². The van der Waals surface area contributed by atoms with Crippen LogP contribution in [0.3, 0.4) is 0 Å². The summed E-state index contributed by atoms with van der Waals surface area (Å²) in [6, 6.07) is 0. The average Bonchev–Trinajstić information content (AvgIpc) is 3.36. The van der Waals surface area contributed by atoms with Crippen LogP contribution >= 0.6 is 0 Å². The molecule has 70 heavy (non-hydrogen) atoms. The molecule has 6 heteroatoms. The van der Waals surface area contributed by atoms with Gasteiger partial charge >= 0.3 is 17.9 Å². The second-order valence-electron chi connectivity index (χ2n) is 19.2. The van der Waals surface area contributed by atoms with Gasteiger partial charge in [-0.3, -0.25) is 14.4 Å². The van der Waals surface area contributed by atoms with Gasteiger partial charge in [0.2, 0.25) is 0 Å². The van der Waals surface area contributed by atoms with Crippen LogP contribution in [0.25, 0.3) is 0 Å². The summed E-state index contributed by atoms with van der Waals surface area (Å²) in [4.78, 5) is 38.2. The fourth-order valence-corrected chi connectivity index (χ4v) is 7.91. The number of esters is 3. The predicted octanol–water partition coefficient (Wildman–Crippen LogP) is 19.7. The van der Waals surface area contributed by atoms with Gasteiger partial charge in [0, 0.05) is 19.3 Å². The second kappa shape index (κ2) is 57.9. The summed E-state index contributed by atoms with van der Waals surface area (Å²) < 4.78 is 16.8. The molecule has 0 heterocycles. The van der Waals surface area contributed by atoms with Crippen molar-refractivity contribution in [2.45, 2.75) is 277 Å². The van der Waals surface area contributed by atoms with Crippen LogP contribution in [-0.2, 0) is 28.6 Å². The number of carbonyl (C=O) groups excluding carboxylic acids is 3. The maximum atomic E-state index is 12.9. The van der Waals surface area contributed by atoms with Crippen molar-refractivity contribution in [3.8, 4) is 0 Å². The van der Waals surface area contributed by atoms with E-state index in [1.807, 2.05) is 0 Å². The van der Waals surface area contributed by atoms with E-state index >= 15 is 0 Å². The van der Waals surface area contributed by atoms with Gasteiger partial charge in [0.05, 0.1) is 0 Å². The van der Waals surface area contributed by atoms with E-state index in [0.29, 0.717) is 19.3 Å². The second-order valence-corrected chi connectivity index (χ2v) is 19.2. The van der Waals surface area contributed by atoms with Crippen LogP contribution < -0.4 is 0 Å². The Morgan fingerprint density at radius 2 is 0.557 bits per heavy atom. The Morgan fingerprint density at radius 3 is 0.929 bits per heavy atom. The molecule has 0 aliphatic rings. The normalized spacial score (nSPS) is 12.8. The molecule has 0 fully saturated rings. The third-order valence-corrected chi connectivity index (χ3v) is 12.3. The molecule has 1 atom stereocenters. The summed E-state index contributed by atoms with van der Waals surface area (Å²) >= 11 is 0. The SMILES string of the molecule is CC/C=C\C/C=C\C/C=C\C/C=C\C/C=C\CCCCCC(=O)OC[C@@H](COC(=O)CCCCCCC/C=C\CCCCCCCCC)OC(=O)CCCCCCCCC/C=C\C/C=C\CCCCC. The standard InChI is InChI=1S/C64H108O6/c1-4-7-10-13-16-19-22-25-28-31-32-34-36-39-42-45-48-51-54-57-63(66)69-60-61(59-68-62(65)56-53-50-47-44-41-38-35-30-27-24-21-18-15-12-9-6-3)70-64(67)58-55-52-49-46-43-40-37-33-29-26-23-20-17-14-11-8-5-2/h7,10,16-17,19-20,25-26,28-30,32,34-35,39,42,61H,4-6,8-9,11-15,18,21-24,27,31,33,36-38,40-41,43-60H2,1-3H3/b10-7-,19-16-,20-17-,28-25-,29-26-,34-32-,35-30-,42-39-/t61-/m1/s1. The van der Waals surface area contributed by atoms with Crippen molar-refractivity contribution < 1.29 is 28.6 Å². The molecule has 400 valence electrons. The average molecular weight is 974 g/mol. The lowest BCUT2D eigenvalue weighted by atomic mass is 10.1. The lowest BCUT2D eigenvalue weighted by molar-refractivity contribution is -0.167. The Balaban J connectivity index is 4.48. The summed E-state index contributed by atoms with van der Waals surface area (Å²) in [5, 5.41) is 0. The van der Waals surface area contributed by atoms with Crippen molar-refractivity contribution in [3.63, 3.8) is 0 Å². The number of unbranched alkanes of at least 4 members (excludes halogenated alkanes) is 25. The van der Waals surface area contributed by atoms with E-state index in [1.54, 1.807) is 0 Å². The van der Waals surface area contributed by atoms with Gasteiger partial charge < -0.3 is 14.2 Å². The van der Waals surface area contributed by atoms with E-state index in [9.17, 15) is 14.4 Å². The first-order valence-corrected chi connectivity index (χ1v) is 29.2. The first kappa shape index (κ1) is 66.3. The third kappa shape index (κ3) is 55.3. The molecule has 0 aliphatic heterocycles. The fraction of sp³-hybridized carbons (Fsp3) is 0.703. The van der Waals surface area contributed by atoms with Crippen LogP contribution in [-0.4, -0.2) is 37.2 Å². The molecule has 0 rings (SSSR count). The summed E-state index contributed by atoms with van der Waals surface area (Å²) in [7, 11) is 0. The molecule has 0 radical (unpaired) electrons. The number of hydrogen-bond acceptors (Lipinski definition) is 6.